The van der Waals surface area contributed by atoms with Gasteiger partial charge < -0.3 is 10.3 Å². The first kappa shape index (κ1) is 20.8. The van der Waals surface area contributed by atoms with Crippen LogP contribution in [-0.4, -0.2) is 15.1 Å². The third kappa shape index (κ3) is 4.74. The molecule has 5 nitrogen and oxygen atoms in total. The number of pyridine rings is 1. The first-order valence-electron chi connectivity index (χ1n) is 8.94. The van der Waals surface area contributed by atoms with Crippen molar-refractivity contribution in [2.75, 3.05) is 5.73 Å². The molecule has 2 aromatic carbocycles. The van der Waals surface area contributed by atoms with Crippen LogP contribution in [0.15, 0.2) is 59.6 Å². The first-order chi connectivity index (χ1) is 13.7. The molecule has 1 atom stereocenters. The van der Waals surface area contributed by atoms with Crippen molar-refractivity contribution in [3.63, 3.8) is 0 Å². The van der Waals surface area contributed by atoms with Gasteiger partial charge >= 0.3 is 0 Å². The molecule has 0 saturated heterocycles. The smallest absolute Gasteiger partial charge is 0.181 e. The van der Waals surface area contributed by atoms with E-state index in [0.29, 0.717) is 21.6 Å². The molecule has 0 aliphatic carbocycles. The van der Waals surface area contributed by atoms with E-state index in [1.54, 1.807) is 30.3 Å². The highest BCUT2D eigenvalue weighted by Gasteiger charge is 2.24. The van der Waals surface area contributed by atoms with Crippen molar-refractivity contribution in [2.24, 2.45) is 0 Å². The van der Waals surface area contributed by atoms with Gasteiger partial charge in [-0.25, -0.2) is 9.37 Å². The molecule has 0 fully saturated rings. The number of nitrogens with one attached hydrogen (secondary N) is 1. The zero-order valence-corrected chi connectivity index (χ0v) is 17.2. The van der Waals surface area contributed by atoms with Crippen LogP contribution in [0.4, 0.5) is 10.2 Å². The Bertz CT molecular complexity index is 1090. The normalized spacial score (nSPS) is 12.4. The summed E-state index contributed by atoms with van der Waals surface area (Å²) < 4.78 is 30.8. The van der Waals surface area contributed by atoms with Gasteiger partial charge in [0, 0.05) is 22.9 Å². The fourth-order valence-corrected chi connectivity index (χ4v) is 4.13. The summed E-state index contributed by atoms with van der Waals surface area (Å²) in [5.74, 6) is -0.306. The Morgan fingerprint density at radius 3 is 2.48 bits per heavy atom. The summed E-state index contributed by atoms with van der Waals surface area (Å²) in [5.41, 5.74) is 7.41. The zero-order valence-electron chi connectivity index (χ0n) is 16.4. The molecule has 1 unspecified atom stereocenters. The quantitative estimate of drug-likeness (QED) is 0.623. The molecular weight excluding hydrogens is 387 g/mol. The van der Waals surface area contributed by atoms with Crippen LogP contribution in [0.3, 0.4) is 0 Å². The summed E-state index contributed by atoms with van der Waals surface area (Å²) >= 11 is -1.46. The third-order valence-electron chi connectivity index (χ3n) is 4.10. The summed E-state index contributed by atoms with van der Waals surface area (Å²) in [6.07, 6.45) is 1.39. The number of nitrogens with zero attached hydrogens (tertiary/aromatic N) is 2. The van der Waals surface area contributed by atoms with Crippen molar-refractivity contribution < 1.29 is 8.94 Å². The van der Waals surface area contributed by atoms with Crippen LogP contribution in [0.2, 0.25) is 0 Å². The topological polar surface area (TPSA) is 97.8 Å². The number of benzene rings is 2. The number of aromatic nitrogens is 1. The second-order valence-electron chi connectivity index (χ2n) is 7.58. The lowest BCUT2D eigenvalue weighted by molar-refractivity contribution is 0.491. The minimum absolute atomic E-state index is 0.199. The van der Waals surface area contributed by atoms with Gasteiger partial charge in [0.05, 0.1) is 28.5 Å². The second kappa shape index (κ2) is 8.21. The molecule has 1 aromatic heterocycles. The first-order valence-corrected chi connectivity index (χ1v) is 10.1. The summed E-state index contributed by atoms with van der Waals surface area (Å²) in [6, 6.07) is 15.3. The van der Waals surface area contributed by atoms with Crippen molar-refractivity contribution in [3.8, 4) is 28.3 Å². The fourth-order valence-electron chi connectivity index (χ4n) is 2.88. The van der Waals surface area contributed by atoms with E-state index < -0.39 is 17.2 Å². The van der Waals surface area contributed by atoms with E-state index in [-0.39, 0.29) is 22.5 Å². The van der Waals surface area contributed by atoms with Gasteiger partial charge in [0.2, 0.25) is 0 Å². The Morgan fingerprint density at radius 1 is 1.10 bits per heavy atom. The molecular formula is C22H21FN4OS. The van der Waals surface area contributed by atoms with Crippen LogP contribution < -0.4 is 10.5 Å². The summed E-state index contributed by atoms with van der Waals surface area (Å²) in [5, 5.41) is 9.32. The van der Waals surface area contributed by atoms with Crippen LogP contribution >= 0.6 is 0 Å². The van der Waals surface area contributed by atoms with Gasteiger partial charge in [-0.3, -0.25) is 0 Å². The molecule has 0 spiro atoms. The van der Waals surface area contributed by atoms with Crippen LogP contribution in [0.5, 0.6) is 0 Å². The Morgan fingerprint density at radius 2 is 1.83 bits per heavy atom. The number of hydrogen-bond acceptors (Lipinski definition) is 5. The predicted molar refractivity (Wildman–Crippen MR) is 113 cm³/mol. The highest BCUT2D eigenvalue weighted by Crippen LogP contribution is 2.33. The highest BCUT2D eigenvalue weighted by molar-refractivity contribution is 7.89. The van der Waals surface area contributed by atoms with Crippen molar-refractivity contribution in [1.29, 1.82) is 5.26 Å². The summed E-state index contributed by atoms with van der Waals surface area (Å²) in [4.78, 5) is 4.54. The van der Waals surface area contributed by atoms with Crippen LogP contribution in [-0.2, 0) is 11.4 Å². The van der Waals surface area contributed by atoms with Crippen molar-refractivity contribution >= 4 is 17.2 Å². The SMILES string of the molecule is CC(C)(C)N[S+]([O-])c1ccccc1-c1ccc(-c2cnc(N)cc2C#N)c(F)c1. The van der Waals surface area contributed by atoms with Gasteiger partial charge in [-0.2, -0.15) is 5.26 Å². The average molecular weight is 409 g/mol. The number of nitrogens with two attached hydrogens (primary N) is 1. The Balaban J connectivity index is 2.04. The maximum absolute atomic E-state index is 15.0. The maximum atomic E-state index is 15.0. The lowest BCUT2D eigenvalue weighted by Gasteiger charge is -2.23. The number of nitriles is 1. The van der Waals surface area contributed by atoms with E-state index in [1.165, 1.54) is 18.3 Å². The molecule has 3 N–H and O–H groups in total. The average Bonchev–Trinajstić information content (AvgIpc) is 2.67. The summed E-state index contributed by atoms with van der Waals surface area (Å²) in [6.45, 7) is 5.78. The van der Waals surface area contributed by atoms with Gasteiger partial charge in [0.25, 0.3) is 0 Å². The van der Waals surface area contributed by atoms with Crippen molar-refractivity contribution in [2.45, 2.75) is 31.2 Å². The van der Waals surface area contributed by atoms with Gasteiger partial charge in [-0.05, 0) is 50.6 Å². The molecule has 3 aromatic rings. The zero-order chi connectivity index (χ0) is 21.2. The molecule has 0 radical (unpaired) electrons. The van der Waals surface area contributed by atoms with E-state index in [9.17, 15) is 14.2 Å². The van der Waals surface area contributed by atoms with Crippen molar-refractivity contribution in [1.82, 2.24) is 9.71 Å². The molecule has 1 heterocycles. The van der Waals surface area contributed by atoms with Gasteiger partial charge in [-0.1, -0.05) is 24.3 Å². The summed E-state index contributed by atoms with van der Waals surface area (Å²) in [7, 11) is 0. The lowest BCUT2D eigenvalue weighted by Crippen LogP contribution is -2.40. The predicted octanol–water partition coefficient (Wildman–Crippen LogP) is 4.42. The molecule has 3 rings (SSSR count). The minimum atomic E-state index is -1.46. The maximum Gasteiger partial charge on any atom is 0.181 e. The molecule has 0 bridgehead atoms. The fraction of sp³-hybridized carbons (Fsp3) is 0.182. The van der Waals surface area contributed by atoms with E-state index in [4.69, 9.17) is 5.73 Å². The molecule has 148 valence electrons. The number of anilines is 1. The van der Waals surface area contributed by atoms with Crippen LogP contribution in [0.25, 0.3) is 22.3 Å². The highest BCUT2D eigenvalue weighted by atomic mass is 32.2. The molecule has 29 heavy (non-hydrogen) atoms. The van der Waals surface area contributed by atoms with Gasteiger partial charge in [-0.15, -0.1) is 4.72 Å². The molecule has 0 aliphatic rings. The minimum Gasteiger partial charge on any atom is -0.593 e. The Hall–Kier alpha value is -2.92. The standard InChI is InChI=1S/C22H21FN4OS/c1-22(2,3)27-29(28)20-7-5-4-6-16(20)14-8-9-17(19(23)10-14)18-13-26-21(25)11-15(18)12-24/h4-11,13,27H,1-3H3,(H2,25,26). The van der Waals surface area contributed by atoms with E-state index in [0.717, 1.165) is 0 Å². The molecule has 7 heteroatoms. The van der Waals surface area contributed by atoms with Crippen molar-refractivity contribution in [3.05, 3.63) is 66.1 Å². The molecule has 0 saturated carbocycles. The number of halogens is 1. The van der Waals surface area contributed by atoms with Gasteiger partial charge in [0.1, 0.15) is 11.6 Å². The third-order valence-corrected chi connectivity index (χ3v) is 5.65. The number of nitrogen functional groups attached to an aromatic ring is 1. The monoisotopic (exact) mass is 408 g/mol. The molecule has 0 amide bonds. The van der Waals surface area contributed by atoms with Crippen LogP contribution in [0, 0.1) is 17.1 Å². The largest absolute Gasteiger partial charge is 0.593 e. The van der Waals surface area contributed by atoms with E-state index in [1.807, 2.05) is 32.9 Å². The number of rotatable bonds is 4. The Labute approximate surface area is 172 Å². The number of hydrogen-bond donors (Lipinski definition) is 2. The second-order valence-corrected chi connectivity index (χ2v) is 8.76. The van der Waals surface area contributed by atoms with E-state index in [2.05, 4.69) is 9.71 Å². The lowest BCUT2D eigenvalue weighted by atomic mass is 9.98. The van der Waals surface area contributed by atoms with Gasteiger partial charge in [0.15, 0.2) is 4.90 Å². The van der Waals surface area contributed by atoms with E-state index >= 15 is 0 Å². The molecule has 0 aliphatic heterocycles. The van der Waals surface area contributed by atoms with Crippen LogP contribution in [0.1, 0.15) is 26.3 Å². The Kier molecular flexibility index (Phi) is 5.89.